The van der Waals surface area contributed by atoms with E-state index in [-0.39, 0.29) is 18.6 Å². The lowest BCUT2D eigenvalue weighted by atomic mass is 9.95. The number of hydrogen-bond donors (Lipinski definition) is 2. The van der Waals surface area contributed by atoms with Crippen LogP contribution in [0.1, 0.15) is 27.7 Å². The first-order chi connectivity index (χ1) is 9.77. The number of carbonyl (C=O) groups is 2. The van der Waals surface area contributed by atoms with Gasteiger partial charge in [0.2, 0.25) is 18.6 Å². The van der Waals surface area contributed by atoms with Gasteiger partial charge in [-0.3, -0.25) is 9.59 Å². The Hall–Kier alpha value is -2.24. The first-order valence-corrected chi connectivity index (χ1v) is 6.79. The lowest BCUT2D eigenvalue weighted by Crippen LogP contribution is -2.46. The molecule has 1 atom stereocenters. The monoisotopic (exact) mass is 292 g/mol. The van der Waals surface area contributed by atoms with Gasteiger partial charge in [-0.1, -0.05) is 20.8 Å². The van der Waals surface area contributed by atoms with Gasteiger partial charge in [0.15, 0.2) is 11.5 Å². The van der Waals surface area contributed by atoms with Crippen molar-refractivity contribution in [3.63, 3.8) is 0 Å². The topological polar surface area (TPSA) is 76.7 Å². The summed E-state index contributed by atoms with van der Waals surface area (Å²) >= 11 is 0. The quantitative estimate of drug-likeness (QED) is 0.892. The van der Waals surface area contributed by atoms with Crippen LogP contribution in [0, 0.1) is 5.41 Å². The second-order valence-corrected chi connectivity index (χ2v) is 6.00. The van der Waals surface area contributed by atoms with Crippen molar-refractivity contribution in [3.8, 4) is 11.5 Å². The molecule has 21 heavy (non-hydrogen) atoms. The van der Waals surface area contributed by atoms with Crippen molar-refractivity contribution in [2.75, 3.05) is 12.1 Å². The molecule has 1 aromatic rings. The second kappa shape index (κ2) is 5.63. The highest BCUT2D eigenvalue weighted by Crippen LogP contribution is 2.34. The van der Waals surface area contributed by atoms with E-state index in [1.54, 1.807) is 45.9 Å². The zero-order valence-corrected chi connectivity index (χ0v) is 12.6. The van der Waals surface area contributed by atoms with Crippen molar-refractivity contribution >= 4 is 17.5 Å². The fraction of sp³-hybridized carbons (Fsp3) is 0.467. The van der Waals surface area contributed by atoms with Crippen LogP contribution in [-0.2, 0) is 9.59 Å². The van der Waals surface area contributed by atoms with E-state index < -0.39 is 11.5 Å². The van der Waals surface area contributed by atoms with E-state index >= 15 is 0 Å². The number of anilines is 1. The van der Waals surface area contributed by atoms with Crippen molar-refractivity contribution in [3.05, 3.63) is 18.2 Å². The number of benzene rings is 1. The zero-order valence-electron chi connectivity index (χ0n) is 12.6. The highest BCUT2D eigenvalue weighted by molar-refractivity contribution is 5.97. The molecular weight excluding hydrogens is 272 g/mol. The van der Waals surface area contributed by atoms with Crippen LogP contribution in [0.25, 0.3) is 0 Å². The lowest BCUT2D eigenvalue weighted by molar-refractivity contribution is -0.131. The molecule has 1 aliphatic heterocycles. The Morgan fingerprint density at radius 3 is 2.52 bits per heavy atom. The van der Waals surface area contributed by atoms with Gasteiger partial charge in [0.05, 0.1) is 0 Å². The third kappa shape index (κ3) is 3.65. The van der Waals surface area contributed by atoms with E-state index in [4.69, 9.17) is 9.47 Å². The second-order valence-electron chi connectivity index (χ2n) is 6.00. The fourth-order valence-corrected chi connectivity index (χ4v) is 1.70. The van der Waals surface area contributed by atoms with Gasteiger partial charge in [0, 0.05) is 17.2 Å². The fourth-order valence-electron chi connectivity index (χ4n) is 1.70. The molecule has 1 unspecified atom stereocenters. The Balaban J connectivity index is 1.96. The van der Waals surface area contributed by atoms with Crippen LogP contribution in [0.5, 0.6) is 11.5 Å². The number of carbonyl (C=O) groups excluding carboxylic acids is 2. The molecule has 1 heterocycles. The Bertz CT molecular complexity index is 563. The van der Waals surface area contributed by atoms with Crippen LogP contribution in [-0.4, -0.2) is 24.6 Å². The third-order valence-corrected chi connectivity index (χ3v) is 3.06. The molecule has 2 N–H and O–H groups in total. The Kier molecular flexibility index (Phi) is 4.06. The van der Waals surface area contributed by atoms with E-state index in [1.165, 1.54) is 0 Å². The molecule has 0 aliphatic carbocycles. The normalized spacial score (nSPS) is 14.5. The van der Waals surface area contributed by atoms with Gasteiger partial charge in [-0.2, -0.15) is 0 Å². The predicted octanol–water partition coefficient (Wildman–Crippen LogP) is 1.90. The predicted molar refractivity (Wildman–Crippen MR) is 78.3 cm³/mol. The van der Waals surface area contributed by atoms with Crippen LogP contribution < -0.4 is 20.1 Å². The minimum absolute atomic E-state index is 0.171. The summed E-state index contributed by atoms with van der Waals surface area (Å²) in [5.41, 5.74) is 0.0638. The van der Waals surface area contributed by atoms with Crippen molar-refractivity contribution < 1.29 is 19.1 Å². The minimum Gasteiger partial charge on any atom is -0.454 e. The van der Waals surface area contributed by atoms with Crippen LogP contribution in [0.3, 0.4) is 0 Å². The minimum atomic E-state index is -0.623. The number of amides is 2. The molecule has 6 nitrogen and oxygen atoms in total. The summed E-state index contributed by atoms with van der Waals surface area (Å²) in [5.74, 6) is 0.795. The van der Waals surface area contributed by atoms with Crippen LogP contribution in [0.2, 0.25) is 0 Å². The summed E-state index contributed by atoms with van der Waals surface area (Å²) in [6.45, 7) is 7.22. The first-order valence-electron chi connectivity index (χ1n) is 6.79. The molecule has 1 aromatic carbocycles. The maximum atomic E-state index is 12.1. The summed E-state index contributed by atoms with van der Waals surface area (Å²) in [4.78, 5) is 23.9. The highest BCUT2D eigenvalue weighted by atomic mass is 16.7. The molecular formula is C15H20N2O4. The van der Waals surface area contributed by atoms with E-state index in [2.05, 4.69) is 10.6 Å². The standard InChI is InChI=1S/C15H20N2O4/c1-9(16-14(19)15(2,3)4)13(18)17-10-5-6-11-12(7-10)21-8-20-11/h5-7,9H,8H2,1-4H3,(H,16,19)(H,17,18). The van der Waals surface area contributed by atoms with Crippen molar-refractivity contribution in [2.45, 2.75) is 33.7 Å². The maximum absolute atomic E-state index is 12.1. The van der Waals surface area contributed by atoms with E-state index in [0.29, 0.717) is 17.2 Å². The van der Waals surface area contributed by atoms with Crippen LogP contribution in [0.15, 0.2) is 18.2 Å². The molecule has 0 saturated heterocycles. The van der Waals surface area contributed by atoms with Gasteiger partial charge in [-0.15, -0.1) is 0 Å². The smallest absolute Gasteiger partial charge is 0.246 e. The Morgan fingerprint density at radius 2 is 1.86 bits per heavy atom. The Morgan fingerprint density at radius 1 is 1.19 bits per heavy atom. The molecule has 2 amide bonds. The molecule has 2 rings (SSSR count). The molecule has 0 spiro atoms. The van der Waals surface area contributed by atoms with E-state index in [1.807, 2.05) is 0 Å². The zero-order chi connectivity index (χ0) is 15.6. The molecule has 114 valence electrons. The number of ether oxygens (including phenoxy) is 2. The van der Waals surface area contributed by atoms with Crippen molar-refractivity contribution in [1.29, 1.82) is 0 Å². The average Bonchev–Trinajstić information content (AvgIpc) is 2.84. The third-order valence-electron chi connectivity index (χ3n) is 3.06. The van der Waals surface area contributed by atoms with Gasteiger partial charge < -0.3 is 20.1 Å². The molecule has 0 fully saturated rings. The molecule has 1 aliphatic rings. The largest absolute Gasteiger partial charge is 0.454 e. The molecule has 0 saturated carbocycles. The number of nitrogens with one attached hydrogen (secondary N) is 2. The summed E-state index contributed by atoms with van der Waals surface area (Å²) in [6.07, 6.45) is 0. The van der Waals surface area contributed by atoms with Crippen LogP contribution >= 0.6 is 0 Å². The molecule has 0 radical (unpaired) electrons. The van der Waals surface area contributed by atoms with Gasteiger partial charge in [0.25, 0.3) is 0 Å². The summed E-state index contributed by atoms with van der Waals surface area (Å²) in [5, 5.41) is 5.42. The van der Waals surface area contributed by atoms with Gasteiger partial charge in [-0.05, 0) is 19.1 Å². The van der Waals surface area contributed by atoms with Gasteiger partial charge in [-0.25, -0.2) is 0 Å². The SMILES string of the molecule is CC(NC(=O)C(C)(C)C)C(=O)Nc1ccc2c(c1)OCO2. The lowest BCUT2D eigenvalue weighted by Gasteiger charge is -2.21. The van der Waals surface area contributed by atoms with Crippen LogP contribution in [0.4, 0.5) is 5.69 Å². The van der Waals surface area contributed by atoms with E-state index in [0.717, 1.165) is 0 Å². The molecule has 6 heteroatoms. The average molecular weight is 292 g/mol. The number of rotatable bonds is 3. The van der Waals surface area contributed by atoms with Crippen molar-refractivity contribution in [1.82, 2.24) is 5.32 Å². The summed E-state index contributed by atoms with van der Waals surface area (Å²) in [7, 11) is 0. The first kappa shape index (κ1) is 15.2. The summed E-state index contributed by atoms with van der Waals surface area (Å²) < 4.78 is 10.5. The van der Waals surface area contributed by atoms with Crippen molar-refractivity contribution in [2.24, 2.45) is 5.41 Å². The number of fused-ring (bicyclic) bond motifs is 1. The summed E-state index contributed by atoms with van der Waals surface area (Å²) in [6, 6.07) is 4.53. The maximum Gasteiger partial charge on any atom is 0.246 e. The highest BCUT2D eigenvalue weighted by Gasteiger charge is 2.25. The molecule has 0 bridgehead atoms. The number of hydrogen-bond acceptors (Lipinski definition) is 4. The molecule has 0 aromatic heterocycles. The van der Waals surface area contributed by atoms with E-state index in [9.17, 15) is 9.59 Å². The Labute approximate surface area is 123 Å². The van der Waals surface area contributed by atoms with Gasteiger partial charge >= 0.3 is 0 Å². The van der Waals surface area contributed by atoms with Gasteiger partial charge in [0.1, 0.15) is 6.04 Å².